The van der Waals surface area contributed by atoms with Crippen LogP contribution in [0.4, 0.5) is 0 Å². The predicted octanol–water partition coefficient (Wildman–Crippen LogP) is 6.92. The van der Waals surface area contributed by atoms with Gasteiger partial charge in [0.05, 0.1) is 12.2 Å². The van der Waals surface area contributed by atoms with Crippen molar-refractivity contribution >= 4 is 0 Å². The number of aliphatic hydroxyl groups is 2. The molecule has 9 atom stereocenters. The van der Waals surface area contributed by atoms with Crippen molar-refractivity contribution in [2.24, 2.45) is 45.8 Å². The minimum absolute atomic E-state index is 0.0412. The van der Waals surface area contributed by atoms with E-state index in [4.69, 9.17) is 0 Å². The Kier molecular flexibility index (Phi) is 6.09. The maximum absolute atomic E-state index is 10.8. The van der Waals surface area contributed by atoms with Crippen LogP contribution in [-0.4, -0.2) is 22.4 Å². The van der Waals surface area contributed by atoms with Gasteiger partial charge in [0.25, 0.3) is 0 Å². The molecule has 4 aliphatic carbocycles. The zero-order chi connectivity index (χ0) is 22.8. The first-order valence-corrected chi connectivity index (χ1v) is 13.1. The van der Waals surface area contributed by atoms with Gasteiger partial charge in [-0.25, -0.2) is 0 Å². The zero-order valence-corrected chi connectivity index (χ0v) is 21.2. The van der Waals surface area contributed by atoms with E-state index in [0.29, 0.717) is 11.3 Å². The summed E-state index contributed by atoms with van der Waals surface area (Å²) in [5.74, 6) is 3.90. The largest absolute Gasteiger partial charge is 0.390 e. The Morgan fingerprint density at radius 3 is 2.48 bits per heavy atom. The number of hydrogen-bond acceptors (Lipinski definition) is 2. The van der Waals surface area contributed by atoms with Gasteiger partial charge in [0, 0.05) is 5.41 Å². The number of allylic oxidation sites excluding steroid dienone is 3. The smallest absolute Gasteiger partial charge is 0.0887 e. The van der Waals surface area contributed by atoms with E-state index in [1.807, 2.05) is 0 Å². The van der Waals surface area contributed by atoms with Gasteiger partial charge in [0.1, 0.15) is 0 Å². The van der Waals surface area contributed by atoms with Gasteiger partial charge in [-0.15, -0.1) is 0 Å². The van der Waals surface area contributed by atoms with Crippen LogP contribution in [0.15, 0.2) is 23.3 Å². The molecular formula is C29H48O2. The number of fused-ring (bicyclic) bond motifs is 5. The molecule has 0 saturated heterocycles. The summed E-state index contributed by atoms with van der Waals surface area (Å²) < 4.78 is 0. The van der Waals surface area contributed by atoms with Crippen molar-refractivity contribution in [1.82, 2.24) is 0 Å². The third kappa shape index (κ3) is 3.59. The molecule has 2 heteroatoms. The lowest BCUT2D eigenvalue weighted by Gasteiger charge is -2.62. The second-order valence-electron chi connectivity index (χ2n) is 13.2. The fourth-order valence-electron chi connectivity index (χ4n) is 9.35. The molecule has 0 heterocycles. The van der Waals surface area contributed by atoms with Crippen LogP contribution < -0.4 is 0 Å². The average Bonchev–Trinajstić information content (AvgIpc) is 3.03. The first-order chi connectivity index (χ1) is 14.4. The SMILES string of the molecule is CC(C)=CCC[C@@H](C)[C@H]1CC[C@H]2[C@@H]3CC=C4C(C)(C)[C@H](O)[C@@H](O)C[C@]4(C)[C@H]3CC[C@]12C. The summed E-state index contributed by atoms with van der Waals surface area (Å²) >= 11 is 0. The summed E-state index contributed by atoms with van der Waals surface area (Å²) in [4.78, 5) is 0. The van der Waals surface area contributed by atoms with E-state index in [1.165, 1.54) is 56.1 Å². The highest BCUT2D eigenvalue weighted by Crippen LogP contribution is 2.68. The van der Waals surface area contributed by atoms with E-state index in [2.05, 4.69) is 60.6 Å². The van der Waals surface area contributed by atoms with Crippen molar-refractivity contribution in [3.8, 4) is 0 Å². The van der Waals surface area contributed by atoms with Crippen molar-refractivity contribution in [3.63, 3.8) is 0 Å². The fourth-order valence-corrected chi connectivity index (χ4v) is 9.35. The van der Waals surface area contributed by atoms with E-state index in [0.717, 1.165) is 30.1 Å². The van der Waals surface area contributed by atoms with E-state index < -0.39 is 12.2 Å². The van der Waals surface area contributed by atoms with Gasteiger partial charge in [-0.2, -0.15) is 0 Å². The van der Waals surface area contributed by atoms with Gasteiger partial charge in [-0.05, 0) is 106 Å². The Morgan fingerprint density at radius 2 is 1.81 bits per heavy atom. The molecule has 0 aromatic rings. The van der Waals surface area contributed by atoms with E-state index in [1.54, 1.807) is 0 Å². The van der Waals surface area contributed by atoms with E-state index in [9.17, 15) is 10.2 Å². The normalized spacial score (nSPS) is 46.9. The lowest BCUT2D eigenvalue weighted by Crippen LogP contribution is -2.58. The summed E-state index contributed by atoms with van der Waals surface area (Å²) in [5, 5.41) is 21.6. The Labute approximate surface area is 191 Å². The first-order valence-electron chi connectivity index (χ1n) is 13.1. The van der Waals surface area contributed by atoms with Gasteiger partial charge in [0.2, 0.25) is 0 Å². The lowest BCUT2D eigenvalue weighted by molar-refractivity contribution is -0.126. The topological polar surface area (TPSA) is 40.5 Å². The van der Waals surface area contributed by atoms with Crippen LogP contribution in [-0.2, 0) is 0 Å². The highest BCUT2D eigenvalue weighted by molar-refractivity contribution is 5.32. The third-order valence-electron chi connectivity index (χ3n) is 10.8. The summed E-state index contributed by atoms with van der Waals surface area (Å²) in [6.45, 7) is 16.3. The highest BCUT2D eigenvalue weighted by atomic mass is 16.3. The van der Waals surface area contributed by atoms with Crippen LogP contribution in [0.2, 0.25) is 0 Å². The quantitative estimate of drug-likeness (QED) is 0.477. The van der Waals surface area contributed by atoms with Crippen LogP contribution in [0, 0.1) is 45.8 Å². The molecule has 0 aliphatic heterocycles. The van der Waals surface area contributed by atoms with Crippen LogP contribution >= 0.6 is 0 Å². The highest BCUT2D eigenvalue weighted by Gasteiger charge is 2.62. The molecule has 0 aromatic heterocycles. The standard InChI is InChI=1S/C29H48O2/c1-18(2)9-8-10-19(3)21-12-13-22-20-11-14-25-27(4,5)26(31)24(30)17-29(25,7)23(20)15-16-28(21,22)6/h9,14,19-24,26,30-31H,8,10-13,15-17H2,1-7H3/t19-,20+,21-,22+,23+,24+,26-,28-,29-/m1/s1. The Bertz CT molecular complexity index is 744. The van der Waals surface area contributed by atoms with Gasteiger partial charge in [0.15, 0.2) is 0 Å². The molecule has 176 valence electrons. The predicted molar refractivity (Wildman–Crippen MR) is 130 cm³/mol. The van der Waals surface area contributed by atoms with Gasteiger partial charge < -0.3 is 10.2 Å². The summed E-state index contributed by atoms with van der Waals surface area (Å²) in [6, 6.07) is 0. The Morgan fingerprint density at radius 1 is 1.10 bits per heavy atom. The number of hydrogen-bond donors (Lipinski definition) is 2. The van der Waals surface area contributed by atoms with E-state index in [-0.39, 0.29) is 10.8 Å². The molecule has 31 heavy (non-hydrogen) atoms. The van der Waals surface area contributed by atoms with Crippen molar-refractivity contribution in [2.75, 3.05) is 0 Å². The zero-order valence-electron chi connectivity index (χ0n) is 21.2. The molecule has 0 spiro atoms. The second kappa shape index (κ2) is 8.01. The monoisotopic (exact) mass is 428 g/mol. The molecule has 3 saturated carbocycles. The molecule has 4 aliphatic rings. The molecule has 2 nitrogen and oxygen atoms in total. The molecular weight excluding hydrogens is 380 g/mol. The molecule has 0 bridgehead atoms. The molecule has 0 aromatic carbocycles. The summed E-state index contributed by atoms with van der Waals surface area (Å²) in [5.41, 5.74) is 3.08. The molecule has 0 unspecified atom stereocenters. The summed E-state index contributed by atoms with van der Waals surface area (Å²) in [7, 11) is 0. The van der Waals surface area contributed by atoms with Gasteiger partial charge in [-0.3, -0.25) is 0 Å². The minimum Gasteiger partial charge on any atom is -0.390 e. The number of rotatable bonds is 4. The van der Waals surface area contributed by atoms with Crippen LogP contribution in [0.25, 0.3) is 0 Å². The number of aliphatic hydroxyl groups excluding tert-OH is 2. The van der Waals surface area contributed by atoms with Gasteiger partial charge in [-0.1, -0.05) is 57.9 Å². The molecule has 0 amide bonds. The van der Waals surface area contributed by atoms with Gasteiger partial charge >= 0.3 is 0 Å². The van der Waals surface area contributed by atoms with Crippen molar-refractivity contribution < 1.29 is 10.2 Å². The van der Waals surface area contributed by atoms with Crippen LogP contribution in [0.3, 0.4) is 0 Å². The maximum Gasteiger partial charge on any atom is 0.0887 e. The maximum atomic E-state index is 10.8. The minimum atomic E-state index is -0.644. The van der Waals surface area contributed by atoms with Crippen molar-refractivity contribution in [1.29, 1.82) is 0 Å². The second-order valence-corrected chi connectivity index (χ2v) is 13.2. The van der Waals surface area contributed by atoms with Crippen LogP contribution in [0.1, 0.15) is 99.8 Å². The molecule has 0 radical (unpaired) electrons. The molecule has 4 rings (SSSR count). The van der Waals surface area contributed by atoms with Crippen molar-refractivity contribution in [2.45, 2.75) is 112 Å². The van der Waals surface area contributed by atoms with Crippen LogP contribution in [0.5, 0.6) is 0 Å². The Balaban J connectivity index is 1.58. The molecule has 2 N–H and O–H groups in total. The Hall–Kier alpha value is -0.600. The lowest BCUT2D eigenvalue weighted by atomic mass is 9.44. The van der Waals surface area contributed by atoms with Crippen molar-refractivity contribution in [3.05, 3.63) is 23.3 Å². The van der Waals surface area contributed by atoms with E-state index >= 15 is 0 Å². The first kappa shape index (κ1) is 23.6. The third-order valence-corrected chi connectivity index (χ3v) is 10.8. The fraction of sp³-hybridized carbons (Fsp3) is 0.862. The average molecular weight is 429 g/mol. The summed E-state index contributed by atoms with van der Waals surface area (Å²) in [6.07, 6.45) is 13.6. The molecule has 3 fully saturated rings.